The van der Waals surface area contributed by atoms with Crippen LogP contribution >= 0.6 is 0 Å². The van der Waals surface area contributed by atoms with E-state index in [1.807, 2.05) is 20.8 Å². The van der Waals surface area contributed by atoms with Crippen LogP contribution in [0.3, 0.4) is 0 Å². The molecule has 0 saturated heterocycles. The molecular formula is C19H23N3O5S. The number of nitrogens with one attached hydrogen (secondary N) is 2. The van der Waals surface area contributed by atoms with Gasteiger partial charge in [-0.15, -0.1) is 0 Å². The van der Waals surface area contributed by atoms with E-state index >= 15 is 0 Å². The highest BCUT2D eigenvalue weighted by Crippen LogP contribution is 2.23. The molecule has 0 aliphatic heterocycles. The molecule has 28 heavy (non-hydrogen) atoms. The summed E-state index contributed by atoms with van der Waals surface area (Å²) < 4.78 is 27.4. The van der Waals surface area contributed by atoms with E-state index in [-0.39, 0.29) is 21.7 Å². The lowest BCUT2D eigenvalue weighted by Crippen LogP contribution is -2.41. The first-order chi connectivity index (χ1) is 12.9. The second-order valence-electron chi connectivity index (χ2n) is 7.41. The first kappa shape index (κ1) is 21.5. The minimum atomic E-state index is -3.90. The van der Waals surface area contributed by atoms with Gasteiger partial charge in [0.05, 0.1) is 15.9 Å². The van der Waals surface area contributed by atoms with Gasteiger partial charge in [0.25, 0.3) is 5.69 Å². The average molecular weight is 405 g/mol. The van der Waals surface area contributed by atoms with Crippen LogP contribution in [-0.4, -0.2) is 25.3 Å². The van der Waals surface area contributed by atoms with Crippen LogP contribution in [0.1, 0.15) is 33.3 Å². The zero-order valence-corrected chi connectivity index (χ0v) is 16.9. The standard InChI is InChI=1S/C19H23N3O5S/c1-13(18(23)20-15-6-5-7-16(12-15)22(24)25)21-28(26,27)17-10-8-14(9-11-17)19(2,3)4/h5-13,21H,1-4H3,(H,20,23)/t13-/m0/s1. The van der Waals surface area contributed by atoms with Gasteiger partial charge in [-0.1, -0.05) is 39.0 Å². The van der Waals surface area contributed by atoms with E-state index in [0.29, 0.717) is 0 Å². The van der Waals surface area contributed by atoms with Crippen LogP contribution in [0.25, 0.3) is 0 Å². The summed E-state index contributed by atoms with van der Waals surface area (Å²) in [6, 6.07) is 10.8. The number of nitro benzene ring substituents is 1. The highest BCUT2D eigenvalue weighted by atomic mass is 32.2. The number of anilines is 1. The number of benzene rings is 2. The van der Waals surface area contributed by atoms with Gasteiger partial charge in [-0.3, -0.25) is 14.9 Å². The van der Waals surface area contributed by atoms with Crippen molar-refractivity contribution in [1.29, 1.82) is 0 Å². The Morgan fingerprint density at radius 1 is 1.11 bits per heavy atom. The molecule has 0 aromatic heterocycles. The van der Waals surface area contributed by atoms with E-state index in [2.05, 4.69) is 10.0 Å². The molecule has 1 atom stereocenters. The predicted octanol–water partition coefficient (Wildman–Crippen LogP) is 3.20. The second-order valence-corrected chi connectivity index (χ2v) is 9.13. The van der Waals surface area contributed by atoms with Gasteiger partial charge in [0.2, 0.25) is 15.9 Å². The third-order valence-corrected chi connectivity index (χ3v) is 5.64. The minimum Gasteiger partial charge on any atom is -0.324 e. The van der Waals surface area contributed by atoms with E-state index in [1.54, 1.807) is 12.1 Å². The van der Waals surface area contributed by atoms with Gasteiger partial charge in [0.15, 0.2) is 0 Å². The number of amides is 1. The zero-order chi connectivity index (χ0) is 21.1. The molecule has 1 amide bonds. The summed E-state index contributed by atoms with van der Waals surface area (Å²) in [5, 5.41) is 13.3. The van der Waals surface area contributed by atoms with Crippen LogP contribution in [-0.2, 0) is 20.2 Å². The van der Waals surface area contributed by atoms with Gasteiger partial charge in [0.1, 0.15) is 0 Å². The molecule has 0 unspecified atom stereocenters. The molecule has 0 fully saturated rings. The fourth-order valence-corrected chi connectivity index (χ4v) is 3.64. The molecule has 0 aliphatic rings. The molecule has 8 nitrogen and oxygen atoms in total. The fraction of sp³-hybridized carbons (Fsp3) is 0.316. The number of hydrogen-bond acceptors (Lipinski definition) is 5. The lowest BCUT2D eigenvalue weighted by atomic mass is 9.87. The van der Waals surface area contributed by atoms with Crippen molar-refractivity contribution in [3.63, 3.8) is 0 Å². The minimum absolute atomic E-state index is 0.0514. The Labute approximate surface area is 164 Å². The SMILES string of the molecule is C[C@H](NS(=O)(=O)c1ccc(C(C)(C)C)cc1)C(=O)Nc1cccc([N+](=O)[O-])c1. The summed E-state index contributed by atoms with van der Waals surface area (Å²) in [7, 11) is -3.90. The molecular weight excluding hydrogens is 382 g/mol. The maximum Gasteiger partial charge on any atom is 0.271 e. The van der Waals surface area contributed by atoms with Crippen molar-refractivity contribution in [2.75, 3.05) is 5.32 Å². The summed E-state index contributed by atoms with van der Waals surface area (Å²) in [4.78, 5) is 22.6. The van der Waals surface area contributed by atoms with E-state index in [1.165, 1.54) is 43.3 Å². The number of nitrogens with zero attached hydrogens (tertiary/aromatic N) is 1. The molecule has 0 saturated carbocycles. The number of non-ortho nitro benzene ring substituents is 1. The van der Waals surface area contributed by atoms with Gasteiger partial charge < -0.3 is 5.32 Å². The number of nitro groups is 1. The molecule has 9 heteroatoms. The van der Waals surface area contributed by atoms with Crippen molar-refractivity contribution >= 4 is 27.3 Å². The summed E-state index contributed by atoms with van der Waals surface area (Å²) in [6.45, 7) is 7.47. The third-order valence-electron chi connectivity index (χ3n) is 4.08. The highest BCUT2D eigenvalue weighted by Gasteiger charge is 2.23. The fourth-order valence-electron chi connectivity index (χ4n) is 2.44. The van der Waals surface area contributed by atoms with Crippen molar-refractivity contribution in [3.8, 4) is 0 Å². The topological polar surface area (TPSA) is 118 Å². The highest BCUT2D eigenvalue weighted by molar-refractivity contribution is 7.89. The van der Waals surface area contributed by atoms with Crippen molar-refractivity contribution in [2.24, 2.45) is 0 Å². The lowest BCUT2D eigenvalue weighted by Gasteiger charge is -2.19. The summed E-state index contributed by atoms with van der Waals surface area (Å²) in [6.07, 6.45) is 0. The van der Waals surface area contributed by atoms with Gasteiger partial charge in [0, 0.05) is 17.8 Å². The molecule has 2 rings (SSSR count). The molecule has 0 bridgehead atoms. The van der Waals surface area contributed by atoms with Crippen LogP contribution in [0.2, 0.25) is 0 Å². The second kappa shape index (κ2) is 8.07. The Morgan fingerprint density at radius 3 is 2.25 bits per heavy atom. The lowest BCUT2D eigenvalue weighted by molar-refractivity contribution is -0.384. The molecule has 2 aromatic carbocycles. The molecule has 150 valence electrons. The Hall–Kier alpha value is -2.78. The first-order valence-corrected chi connectivity index (χ1v) is 10.1. The molecule has 0 aliphatic carbocycles. The first-order valence-electron chi connectivity index (χ1n) is 8.58. The van der Waals surface area contributed by atoms with Crippen LogP contribution in [0.4, 0.5) is 11.4 Å². The molecule has 2 aromatic rings. The smallest absolute Gasteiger partial charge is 0.271 e. The summed E-state index contributed by atoms with van der Waals surface area (Å²) >= 11 is 0. The molecule has 0 radical (unpaired) electrons. The van der Waals surface area contributed by atoms with E-state index < -0.39 is 26.9 Å². The molecule has 2 N–H and O–H groups in total. The number of sulfonamides is 1. The molecule has 0 heterocycles. The third kappa shape index (κ3) is 5.37. The van der Waals surface area contributed by atoms with Gasteiger partial charge in [-0.2, -0.15) is 4.72 Å². The normalized spacial score (nSPS) is 13.0. The van der Waals surface area contributed by atoms with Gasteiger partial charge in [-0.05, 0) is 36.1 Å². The molecule has 0 spiro atoms. The van der Waals surface area contributed by atoms with E-state index in [0.717, 1.165) is 5.56 Å². The van der Waals surface area contributed by atoms with Gasteiger partial charge in [-0.25, -0.2) is 8.42 Å². The van der Waals surface area contributed by atoms with Crippen molar-refractivity contribution < 1.29 is 18.1 Å². The van der Waals surface area contributed by atoms with Crippen LogP contribution in [0.5, 0.6) is 0 Å². The maximum atomic E-state index is 12.5. The van der Waals surface area contributed by atoms with Crippen LogP contribution in [0.15, 0.2) is 53.4 Å². The van der Waals surface area contributed by atoms with Crippen LogP contribution < -0.4 is 10.0 Å². The number of rotatable bonds is 6. The Morgan fingerprint density at radius 2 is 1.71 bits per heavy atom. The Balaban J connectivity index is 2.10. The van der Waals surface area contributed by atoms with E-state index in [4.69, 9.17) is 0 Å². The van der Waals surface area contributed by atoms with Crippen LogP contribution in [0, 0.1) is 10.1 Å². The zero-order valence-electron chi connectivity index (χ0n) is 16.1. The number of carbonyl (C=O) groups is 1. The summed E-state index contributed by atoms with van der Waals surface area (Å²) in [5.74, 6) is -0.629. The van der Waals surface area contributed by atoms with Crippen molar-refractivity contribution in [1.82, 2.24) is 4.72 Å². The largest absolute Gasteiger partial charge is 0.324 e. The maximum absolute atomic E-state index is 12.5. The van der Waals surface area contributed by atoms with E-state index in [9.17, 15) is 23.3 Å². The van der Waals surface area contributed by atoms with Crippen molar-refractivity contribution in [3.05, 3.63) is 64.2 Å². The summed E-state index contributed by atoms with van der Waals surface area (Å²) in [5.41, 5.74) is 0.911. The predicted molar refractivity (Wildman–Crippen MR) is 107 cm³/mol. The number of hydrogen-bond donors (Lipinski definition) is 2. The quantitative estimate of drug-likeness (QED) is 0.565. The van der Waals surface area contributed by atoms with Gasteiger partial charge >= 0.3 is 0 Å². The Kier molecular flexibility index (Phi) is 6.20. The van der Waals surface area contributed by atoms with Crippen molar-refractivity contribution in [2.45, 2.75) is 44.0 Å². The monoisotopic (exact) mass is 405 g/mol. The number of carbonyl (C=O) groups excluding carboxylic acids is 1. The Bertz CT molecular complexity index is 979. The average Bonchev–Trinajstić information content (AvgIpc) is 2.61.